The number of methoxy groups -OCH3 is 1. The number of hydrogen-bond donors (Lipinski definition) is 0. The molecule has 0 N–H and O–H groups in total. The van der Waals surface area contributed by atoms with Gasteiger partial charge < -0.3 is 23.5 Å². The van der Waals surface area contributed by atoms with E-state index in [-0.39, 0.29) is 11.9 Å². The highest BCUT2D eigenvalue weighted by Crippen LogP contribution is 2.38. The molecule has 1 unspecified atom stereocenters. The Kier molecular flexibility index (Phi) is 6.36. The van der Waals surface area contributed by atoms with Gasteiger partial charge in [0.25, 0.3) is 0 Å². The third kappa shape index (κ3) is 4.74. The molecule has 0 saturated carbocycles. The van der Waals surface area contributed by atoms with Crippen LogP contribution in [0.1, 0.15) is 30.2 Å². The van der Waals surface area contributed by atoms with E-state index in [4.69, 9.17) is 18.6 Å². The normalized spacial score (nSPS) is 18.4. The summed E-state index contributed by atoms with van der Waals surface area (Å²) in [6, 6.07) is 9.90. The molecule has 0 radical (unpaired) electrons. The van der Waals surface area contributed by atoms with Crippen molar-refractivity contribution in [2.45, 2.75) is 25.4 Å². The van der Waals surface area contributed by atoms with Crippen molar-refractivity contribution in [1.29, 1.82) is 0 Å². The van der Waals surface area contributed by atoms with E-state index in [0.717, 1.165) is 42.2 Å². The smallest absolute Gasteiger partial charge is 0.237 e. The SMILES string of the molecule is COCCN(CC(=O)N1CCCC1c1ccc2c(c1)OCCO2)Cc1ccco1. The Morgan fingerprint density at radius 1 is 1.24 bits per heavy atom. The lowest BCUT2D eigenvalue weighted by molar-refractivity contribution is -0.133. The molecule has 3 heterocycles. The first-order chi connectivity index (χ1) is 14.2. The minimum atomic E-state index is 0.0752. The second-order valence-corrected chi connectivity index (χ2v) is 7.43. The summed E-state index contributed by atoms with van der Waals surface area (Å²) in [5.41, 5.74) is 1.11. The van der Waals surface area contributed by atoms with Crippen LogP contribution in [0.25, 0.3) is 0 Å². The third-order valence-corrected chi connectivity index (χ3v) is 5.45. The van der Waals surface area contributed by atoms with Crippen LogP contribution in [0.4, 0.5) is 0 Å². The van der Waals surface area contributed by atoms with Gasteiger partial charge in [-0.25, -0.2) is 0 Å². The number of benzene rings is 1. The standard InChI is InChI=1S/C22H28N2O5/c1-26-11-9-23(15-18-4-3-10-27-18)16-22(25)24-8-2-5-19(24)17-6-7-20-21(14-17)29-13-12-28-20/h3-4,6-7,10,14,19H,2,5,8-9,11-13,15-16H2,1H3. The van der Waals surface area contributed by atoms with Crippen LogP contribution >= 0.6 is 0 Å². The predicted molar refractivity (Wildman–Crippen MR) is 107 cm³/mol. The number of amides is 1. The molecule has 0 bridgehead atoms. The van der Waals surface area contributed by atoms with Gasteiger partial charge in [0, 0.05) is 20.2 Å². The molecule has 1 atom stereocenters. The van der Waals surface area contributed by atoms with Gasteiger partial charge >= 0.3 is 0 Å². The largest absolute Gasteiger partial charge is 0.486 e. The molecule has 1 amide bonds. The monoisotopic (exact) mass is 400 g/mol. The zero-order chi connectivity index (χ0) is 20.1. The van der Waals surface area contributed by atoms with E-state index in [1.54, 1.807) is 13.4 Å². The summed E-state index contributed by atoms with van der Waals surface area (Å²) in [6.45, 7) is 4.08. The fourth-order valence-electron chi connectivity index (χ4n) is 4.02. The first-order valence-corrected chi connectivity index (χ1v) is 10.2. The molecule has 2 aromatic rings. The molecule has 29 heavy (non-hydrogen) atoms. The summed E-state index contributed by atoms with van der Waals surface area (Å²) in [5, 5.41) is 0. The molecule has 1 aromatic carbocycles. The maximum absolute atomic E-state index is 13.2. The molecule has 0 spiro atoms. The van der Waals surface area contributed by atoms with Gasteiger partial charge in [0.2, 0.25) is 5.91 Å². The van der Waals surface area contributed by atoms with Gasteiger partial charge in [-0.3, -0.25) is 9.69 Å². The predicted octanol–water partition coefficient (Wildman–Crippen LogP) is 2.86. The molecular weight excluding hydrogens is 372 g/mol. The van der Waals surface area contributed by atoms with Crippen LogP contribution in [0.2, 0.25) is 0 Å². The zero-order valence-electron chi connectivity index (χ0n) is 16.8. The highest BCUT2D eigenvalue weighted by atomic mass is 16.6. The average Bonchev–Trinajstić information content (AvgIpc) is 3.43. The molecule has 4 rings (SSSR count). The summed E-state index contributed by atoms with van der Waals surface area (Å²) in [5.74, 6) is 2.52. The van der Waals surface area contributed by atoms with Crippen LogP contribution in [0.3, 0.4) is 0 Å². The van der Waals surface area contributed by atoms with Crippen LogP contribution < -0.4 is 9.47 Å². The fourth-order valence-corrected chi connectivity index (χ4v) is 4.02. The second-order valence-electron chi connectivity index (χ2n) is 7.43. The van der Waals surface area contributed by atoms with Crippen molar-refractivity contribution in [1.82, 2.24) is 9.80 Å². The molecule has 1 aromatic heterocycles. The quantitative estimate of drug-likeness (QED) is 0.679. The number of nitrogens with zero attached hydrogens (tertiary/aromatic N) is 2. The first kappa shape index (κ1) is 19.8. The van der Waals surface area contributed by atoms with E-state index in [1.807, 2.05) is 29.2 Å². The van der Waals surface area contributed by atoms with E-state index in [9.17, 15) is 4.79 Å². The number of carbonyl (C=O) groups excluding carboxylic acids is 1. The molecule has 2 aliphatic heterocycles. The van der Waals surface area contributed by atoms with Gasteiger partial charge in [0.05, 0.1) is 32.0 Å². The summed E-state index contributed by atoms with van der Waals surface area (Å²) in [7, 11) is 1.67. The summed E-state index contributed by atoms with van der Waals surface area (Å²) < 4.78 is 22.0. The summed E-state index contributed by atoms with van der Waals surface area (Å²) >= 11 is 0. The second kappa shape index (κ2) is 9.33. The Morgan fingerprint density at radius 3 is 2.90 bits per heavy atom. The molecule has 2 aliphatic rings. The lowest BCUT2D eigenvalue weighted by atomic mass is 10.0. The third-order valence-electron chi connectivity index (χ3n) is 5.45. The van der Waals surface area contributed by atoms with E-state index in [2.05, 4.69) is 11.0 Å². The molecule has 7 nitrogen and oxygen atoms in total. The number of furan rings is 1. The molecule has 1 fully saturated rings. The Morgan fingerprint density at radius 2 is 2.10 bits per heavy atom. The van der Waals surface area contributed by atoms with Crippen LogP contribution in [0, 0.1) is 0 Å². The summed E-state index contributed by atoms with van der Waals surface area (Å²) in [6.07, 6.45) is 3.62. The van der Waals surface area contributed by atoms with Crippen molar-refractivity contribution < 1.29 is 23.4 Å². The number of carbonyl (C=O) groups is 1. The van der Waals surface area contributed by atoms with Crippen LogP contribution in [0.5, 0.6) is 11.5 Å². The van der Waals surface area contributed by atoms with Crippen molar-refractivity contribution in [3.8, 4) is 11.5 Å². The van der Waals surface area contributed by atoms with Gasteiger partial charge in [0.15, 0.2) is 11.5 Å². The van der Waals surface area contributed by atoms with Gasteiger partial charge in [-0.2, -0.15) is 0 Å². The Bertz CT molecular complexity index is 808. The lowest BCUT2D eigenvalue weighted by Crippen LogP contribution is -2.41. The molecule has 7 heteroatoms. The lowest BCUT2D eigenvalue weighted by Gasteiger charge is -2.29. The van der Waals surface area contributed by atoms with Gasteiger partial charge in [-0.1, -0.05) is 6.07 Å². The van der Waals surface area contributed by atoms with E-state index in [0.29, 0.717) is 39.5 Å². The van der Waals surface area contributed by atoms with E-state index < -0.39 is 0 Å². The van der Waals surface area contributed by atoms with Crippen LogP contribution in [-0.2, 0) is 16.1 Å². The van der Waals surface area contributed by atoms with Gasteiger partial charge in [-0.15, -0.1) is 0 Å². The van der Waals surface area contributed by atoms with Crippen LogP contribution in [-0.4, -0.2) is 62.3 Å². The minimum Gasteiger partial charge on any atom is -0.486 e. The molecular formula is C22H28N2O5. The first-order valence-electron chi connectivity index (χ1n) is 10.2. The topological polar surface area (TPSA) is 64.4 Å². The molecule has 156 valence electrons. The summed E-state index contributed by atoms with van der Waals surface area (Å²) in [4.78, 5) is 17.2. The number of hydrogen-bond acceptors (Lipinski definition) is 6. The Balaban J connectivity index is 1.44. The van der Waals surface area contributed by atoms with Crippen molar-refractivity contribution in [2.24, 2.45) is 0 Å². The van der Waals surface area contributed by atoms with Crippen molar-refractivity contribution in [2.75, 3.05) is 46.6 Å². The number of fused-ring (bicyclic) bond motifs is 1. The van der Waals surface area contributed by atoms with Crippen molar-refractivity contribution in [3.63, 3.8) is 0 Å². The van der Waals surface area contributed by atoms with Crippen molar-refractivity contribution >= 4 is 5.91 Å². The maximum Gasteiger partial charge on any atom is 0.237 e. The average molecular weight is 400 g/mol. The Hall–Kier alpha value is -2.51. The Labute approximate surface area is 171 Å². The maximum atomic E-state index is 13.2. The number of ether oxygens (including phenoxy) is 3. The van der Waals surface area contributed by atoms with Crippen molar-refractivity contribution in [3.05, 3.63) is 47.9 Å². The van der Waals surface area contributed by atoms with Crippen LogP contribution in [0.15, 0.2) is 41.0 Å². The fraction of sp³-hybridized carbons (Fsp3) is 0.500. The highest BCUT2D eigenvalue weighted by Gasteiger charge is 2.31. The van der Waals surface area contributed by atoms with E-state index >= 15 is 0 Å². The van der Waals surface area contributed by atoms with Gasteiger partial charge in [0.1, 0.15) is 19.0 Å². The van der Waals surface area contributed by atoms with E-state index in [1.165, 1.54) is 0 Å². The van der Waals surface area contributed by atoms with Gasteiger partial charge in [-0.05, 0) is 42.7 Å². The number of likely N-dealkylation sites (tertiary alicyclic amines) is 1. The zero-order valence-corrected chi connectivity index (χ0v) is 16.8. The molecule has 1 saturated heterocycles. The highest BCUT2D eigenvalue weighted by molar-refractivity contribution is 5.79. The molecule has 0 aliphatic carbocycles. The minimum absolute atomic E-state index is 0.0752. The number of rotatable bonds is 8.